The standard InChI is InChI=1S/C7H13NO3/c1-5-3-8(7(9)10)4-6(2)11-5/h5-6H,3-4H2,1-2H3,(H,9,10)/t5-,6-/m0/s1. The molecule has 4 nitrogen and oxygen atoms in total. The smallest absolute Gasteiger partial charge is 0.407 e. The van der Waals surface area contributed by atoms with Crippen LogP contribution in [0.4, 0.5) is 4.79 Å². The van der Waals surface area contributed by atoms with Crippen molar-refractivity contribution in [2.45, 2.75) is 26.1 Å². The number of ether oxygens (including phenoxy) is 1. The number of carboxylic acid groups (broad SMARTS) is 1. The Bertz CT molecular complexity index is 150. The summed E-state index contributed by atoms with van der Waals surface area (Å²) in [4.78, 5) is 11.9. The molecule has 1 rings (SSSR count). The van der Waals surface area contributed by atoms with Crippen LogP contribution >= 0.6 is 0 Å². The van der Waals surface area contributed by atoms with Crippen LogP contribution in [0.1, 0.15) is 13.8 Å². The number of nitrogens with zero attached hydrogens (tertiary/aromatic N) is 1. The predicted octanol–water partition coefficient (Wildman–Crippen LogP) is 0.774. The van der Waals surface area contributed by atoms with Crippen LogP contribution in [-0.2, 0) is 4.74 Å². The fourth-order valence-electron chi connectivity index (χ4n) is 1.33. The Morgan fingerprint density at radius 1 is 1.45 bits per heavy atom. The number of hydrogen-bond acceptors (Lipinski definition) is 2. The SMILES string of the molecule is C[C@H]1CN(C(=O)O)C[C@H](C)O1. The van der Waals surface area contributed by atoms with Crippen molar-refractivity contribution in [2.24, 2.45) is 0 Å². The van der Waals surface area contributed by atoms with Gasteiger partial charge >= 0.3 is 6.09 Å². The summed E-state index contributed by atoms with van der Waals surface area (Å²) >= 11 is 0. The van der Waals surface area contributed by atoms with Gasteiger partial charge in [-0.05, 0) is 13.8 Å². The summed E-state index contributed by atoms with van der Waals surface area (Å²) in [5.41, 5.74) is 0. The van der Waals surface area contributed by atoms with Gasteiger partial charge < -0.3 is 14.7 Å². The van der Waals surface area contributed by atoms with Gasteiger partial charge in [0.05, 0.1) is 25.3 Å². The van der Waals surface area contributed by atoms with Crippen molar-refractivity contribution >= 4 is 6.09 Å². The summed E-state index contributed by atoms with van der Waals surface area (Å²) in [5.74, 6) is 0. The molecule has 1 aliphatic heterocycles. The molecule has 0 bridgehead atoms. The van der Waals surface area contributed by atoms with Crippen LogP contribution in [0.3, 0.4) is 0 Å². The first-order valence-electron chi connectivity index (χ1n) is 3.73. The van der Waals surface area contributed by atoms with Crippen LogP contribution in [0.15, 0.2) is 0 Å². The lowest BCUT2D eigenvalue weighted by Crippen LogP contribution is -2.47. The summed E-state index contributed by atoms with van der Waals surface area (Å²) in [7, 11) is 0. The van der Waals surface area contributed by atoms with Crippen molar-refractivity contribution in [3.8, 4) is 0 Å². The average molecular weight is 159 g/mol. The Morgan fingerprint density at radius 3 is 2.27 bits per heavy atom. The molecular weight excluding hydrogens is 146 g/mol. The average Bonchev–Trinajstić information content (AvgIpc) is 1.85. The highest BCUT2D eigenvalue weighted by Crippen LogP contribution is 2.09. The molecule has 0 aliphatic carbocycles. The molecule has 0 aromatic rings. The van der Waals surface area contributed by atoms with Crippen LogP contribution in [-0.4, -0.2) is 41.4 Å². The van der Waals surface area contributed by atoms with Crippen molar-refractivity contribution in [2.75, 3.05) is 13.1 Å². The van der Waals surface area contributed by atoms with E-state index in [0.717, 1.165) is 0 Å². The van der Waals surface area contributed by atoms with E-state index in [0.29, 0.717) is 13.1 Å². The van der Waals surface area contributed by atoms with E-state index >= 15 is 0 Å². The Kier molecular flexibility index (Phi) is 2.34. The van der Waals surface area contributed by atoms with Gasteiger partial charge in [-0.25, -0.2) is 4.79 Å². The first-order valence-corrected chi connectivity index (χ1v) is 3.73. The number of rotatable bonds is 0. The maximum atomic E-state index is 10.5. The van der Waals surface area contributed by atoms with Crippen molar-refractivity contribution in [1.82, 2.24) is 4.90 Å². The van der Waals surface area contributed by atoms with E-state index in [1.807, 2.05) is 13.8 Å². The summed E-state index contributed by atoms with van der Waals surface area (Å²) in [5, 5.41) is 8.64. The van der Waals surface area contributed by atoms with Gasteiger partial charge in [0.25, 0.3) is 0 Å². The van der Waals surface area contributed by atoms with Gasteiger partial charge in [0.2, 0.25) is 0 Å². The van der Waals surface area contributed by atoms with E-state index in [1.165, 1.54) is 4.90 Å². The van der Waals surface area contributed by atoms with Gasteiger partial charge in [-0.1, -0.05) is 0 Å². The lowest BCUT2D eigenvalue weighted by atomic mass is 10.2. The zero-order chi connectivity index (χ0) is 8.43. The lowest BCUT2D eigenvalue weighted by molar-refractivity contribution is -0.0603. The molecule has 0 unspecified atom stereocenters. The zero-order valence-electron chi connectivity index (χ0n) is 6.78. The van der Waals surface area contributed by atoms with E-state index in [1.54, 1.807) is 0 Å². The van der Waals surface area contributed by atoms with E-state index in [-0.39, 0.29) is 12.2 Å². The van der Waals surface area contributed by atoms with Crippen LogP contribution < -0.4 is 0 Å². The predicted molar refractivity (Wildman–Crippen MR) is 39.6 cm³/mol. The number of morpholine rings is 1. The largest absolute Gasteiger partial charge is 0.465 e. The topological polar surface area (TPSA) is 49.8 Å². The molecule has 11 heavy (non-hydrogen) atoms. The number of carbonyl (C=O) groups is 1. The number of amides is 1. The minimum absolute atomic E-state index is 0.0230. The summed E-state index contributed by atoms with van der Waals surface area (Å²) in [6.07, 6.45) is -0.809. The normalized spacial score (nSPS) is 32.0. The molecule has 1 heterocycles. The fraction of sp³-hybridized carbons (Fsp3) is 0.857. The molecule has 1 saturated heterocycles. The molecule has 4 heteroatoms. The van der Waals surface area contributed by atoms with Gasteiger partial charge in [-0.3, -0.25) is 0 Å². The molecule has 64 valence electrons. The molecule has 0 aromatic carbocycles. The molecule has 0 radical (unpaired) electrons. The van der Waals surface area contributed by atoms with Gasteiger partial charge in [0, 0.05) is 0 Å². The minimum atomic E-state index is -0.855. The van der Waals surface area contributed by atoms with Crippen LogP contribution in [0.2, 0.25) is 0 Å². The Hall–Kier alpha value is -0.770. The maximum absolute atomic E-state index is 10.5. The monoisotopic (exact) mass is 159 g/mol. The molecule has 2 atom stereocenters. The van der Waals surface area contributed by atoms with E-state index in [4.69, 9.17) is 9.84 Å². The molecular formula is C7H13NO3. The van der Waals surface area contributed by atoms with Gasteiger partial charge in [0.1, 0.15) is 0 Å². The molecule has 0 aromatic heterocycles. The second-order valence-electron chi connectivity index (χ2n) is 2.94. The van der Waals surface area contributed by atoms with Crippen molar-refractivity contribution in [3.63, 3.8) is 0 Å². The van der Waals surface area contributed by atoms with Crippen LogP contribution in [0.5, 0.6) is 0 Å². The third-order valence-electron chi connectivity index (χ3n) is 1.69. The molecule has 0 spiro atoms. The van der Waals surface area contributed by atoms with E-state index in [9.17, 15) is 4.79 Å². The molecule has 1 amide bonds. The van der Waals surface area contributed by atoms with Gasteiger partial charge in [-0.15, -0.1) is 0 Å². The highest BCUT2D eigenvalue weighted by atomic mass is 16.5. The highest BCUT2D eigenvalue weighted by Gasteiger charge is 2.24. The quantitative estimate of drug-likeness (QED) is 0.568. The third kappa shape index (κ3) is 2.08. The third-order valence-corrected chi connectivity index (χ3v) is 1.69. The Labute approximate surface area is 65.8 Å². The second kappa shape index (κ2) is 3.09. The van der Waals surface area contributed by atoms with Gasteiger partial charge in [-0.2, -0.15) is 0 Å². The second-order valence-corrected chi connectivity index (χ2v) is 2.94. The first kappa shape index (κ1) is 8.33. The highest BCUT2D eigenvalue weighted by molar-refractivity contribution is 5.65. The van der Waals surface area contributed by atoms with E-state index in [2.05, 4.69) is 0 Å². The summed E-state index contributed by atoms with van der Waals surface area (Å²) in [6.45, 7) is 4.73. The minimum Gasteiger partial charge on any atom is -0.465 e. The van der Waals surface area contributed by atoms with E-state index < -0.39 is 6.09 Å². The molecule has 1 N–H and O–H groups in total. The molecule has 0 saturated carbocycles. The summed E-state index contributed by atoms with van der Waals surface area (Å²) < 4.78 is 5.36. The molecule has 1 aliphatic rings. The van der Waals surface area contributed by atoms with Crippen molar-refractivity contribution in [1.29, 1.82) is 0 Å². The zero-order valence-corrected chi connectivity index (χ0v) is 6.78. The maximum Gasteiger partial charge on any atom is 0.407 e. The lowest BCUT2D eigenvalue weighted by Gasteiger charge is -2.33. The summed E-state index contributed by atoms with van der Waals surface area (Å²) in [6, 6.07) is 0. The van der Waals surface area contributed by atoms with Crippen LogP contribution in [0, 0.1) is 0 Å². The fourth-order valence-corrected chi connectivity index (χ4v) is 1.33. The first-order chi connectivity index (χ1) is 5.09. The Morgan fingerprint density at radius 2 is 1.91 bits per heavy atom. The number of hydrogen-bond donors (Lipinski definition) is 1. The Balaban J connectivity index is 2.49. The molecule has 1 fully saturated rings. The van der Waals surface area contributed by atoms with Crippen molar-refractivity contribution in [3.05, 3.63) is 0 Å². The van der Waals surface area contributed by atoms with Gasteiger partial charge in [0.15, 0.2) is 0 Å². The van der Waals surface area contributed by atoms with Crippen LogP contribution in [0.25, 0.3) is 0 Å². The van der Waals surface area contributed by atoms with Crippen molar-refractivity contribution < 1.29 is 14.6 Å².